The van der Waals surface area contributed by atoms with Gasteiger partial charge in [0.05, 0.1) is 5.56 Å². The summed E-state index contributed by atoms with van der Waals surface area (Å²) in [5.41, 5.74) is 2.77. The molecule has 2 aromatic carbocycles. The zero-order valence-corrected chi connectivity index (χ0v) is 13.5. The summed E-state index contributed by atoms with van der Waals surface area (Å²) in [6, 6.07) is 14.0. The Morgan fingerprint density at radius 2 is 1.83 bits per heavy atom. The van der Waals surface area contributed by atoms with Crippen molar-refractivity contribution in [2.45, 2.75) is 13.8 Å². The number of ketones is 1. The van der Waals surface area contributed by atoms with E-state index in [4.69, 9.17) is 14.7 Å². The predicted octanol–water partition coefficient (Wildman–Crippen LogP) is 2.98. The van der Waals surface area contributed by atoms with Crippen LogP contribution in [0.25, 0.3) is 0 Å². The molecule has 0 heterocycles. The fourth-order valence-electron chi connectivity index (χ4n) is 2.21. The SMILES string of the molecule is Cc1ccc(C(=O)COC(=O)COc2ccccc2C#N)c(C)c1. The van der Waals surface area contributed by atoms with E-state index in [2.05, 4.69) is 0 Å². The van der Waals surface area contributed by atoms with E-state index in [1.165, 1.54) is 0 Å². The van der Waals surface area contributed by atoms with Crippen molar-refractivity contribution in [1.29, 1.82) is 5.26 Å². The first-order chi connectivity index (χ1) is 11.5. The maximum Gasteiger partial charge on any atom is 0.344 e. The molecular formula is C19H17NO4. The first-order valence-corrected chi connectivity index (χ1v) is 7.39. The Bertz CT molecular complexity index is 805. The van der Waals surface area contributed by atoms with Gasteiger partial charge in [0.15, 0.2) is 13.2 Å². The Hall–Kier alpha value is -3.13. The normalized spacial score (nSPS) is 9.88. The topological polar surface area (TPSA) is 76.4 Å². The average molecular weight is 323 g/mol. The lowest BCUT2D eigenvalue weighted by Crippen LogP contribution is -2.20. The number of carbonyl (C=O) groups excluding carboxylic acids is 2. The average Bonchev–Trinajstić information content (AvgIpc) is 2.58. The summed E-state index contributed by atoms with van der Waals surface area (Å²) in [5.74, 6) is -0.628. The van der Waals surface area contributed by atoms with Crippen molar-refractivity contribution >= 4 is 11.8 Å². The van der Waals surface area contributed by atoms with Gasteiger partial charge in [-0.2, -0.15) is 5.26 Å². The zero-order valence-electron chi connectivity index (χ0n) is 13.5. The number of rotatable bonds is 6. The molecular weight excluding hydrogens is 306 g/mol. The van der Waals surface area contributed by atoms with Crippen molar-refractivity contribution in [3.8, 4) is 11.8 Å². The second-order valence-electron chi connectivity index (χ2n) is 5.30. The number of nitrogens with zero attached hydrogens (tertiary/aromatic N) is 1. The smallest absolute Gasteiger partial charge is 0.344 e. The van der Waals surface area contributed by atoms with Gasteiger partial charge >= 0.3 is 5.97 Å². The van der Waals surface area contributed by atoms with Crippen LogP contribution in [0.5, 0.6) is 5.75 Å². The number of nitriles is 1. The van der Waals surface area contributed by atoms with E-state index in [1.807, 2.05) is 32.0 Å². The van der Waals surface area contributed by atoms with Gasteiger partial charge in [0.1, 0.15) is 11.8 Å². The lowest BCUT2D eigenvalue weighted by atomic mass is 10.0. The van der Waals surface area contributed by atoms with E-state index in [-0.39, 0.29) is 19.0 Å². The lowest BCUT2D eigenvalue weighted by Gasteiger charge is -2.09. The van der Waals surface area contributed by atoms with Crippen LogP contribution in [0.15, 0.2) is 42.5 Å². The quantitative estimate of drug-likeness (QED) is 0.603. The molecule has 0 saturated carbocycles. The number of hydrogen-bond acceptors (Lipinski definition) is 5. The molecule has 0 aliphatic heterocycles. The van der Waals surface area contributed by atoms with Crippen LogP contribution in [0.4, 0.5) is 0 Å². The minimum absolute atomic E-state index is 0.265. The molecule has 0 unspecified atom stereocenters. The predicted molar refractivity (Wildman–Crippen MR) is 87.9 cm³/mol. The van der Waals surface area contributed by atoms with Gasteiger partial charge in [-0.15, -0.1) is 0 Å². The number of aryl methyl sites for hydroxylation is 2. The molecule has 0 aromatic heterocycles. The minimum Gasteiger partial charge on any atom is -0.481 e. The Morgan fingerprint density at radius 1 is 1.08 bits per heavy atom. The highest BCUT2D eigenvalue weighted by Gasteiger charge is 2.13. The van der Waals surface area contributed by atoms with Crippen LogP contribution in [0, 0.1) is 25.2 Å². The molecule has 5 nitrogen and oxygen atoms in total. The summed E-state index contributed by atoms with van der Waals surface area (Å²) < 4.78 is 10.2. The Balaban J connectivity index is 1.87. The number of carbonyl (C=O) groups is 2. The molecule has 2 aromatic rings. The number of para-hydroxylation sites is 1. The van der Waals surface area contributed by atoms with Gasteiger partial charge < -0.3 is 9.47 Å². The maximum absolute atomic E-state index is 12.1. The van der Waals surface area contributed by atoms with Gasteiger partial charge in [0.2, 0.25) is 5.78 Å². The number of hydrogen-bond donors (Lipinski definition) is 0. The summed E-state index contributed by atoms with van der Waals surface area (Å²) >= 11 is 0. The standard InChI is InChI=1S/C19H17NO4/c1-13-7-8-16(14(2)9-13)17(21)11-24-19(22)12-23-18-6-4-3-5-15(18)10-20/h3-9H,11-12H2,1-2H3. The van der Waals surface area contributed by atoms with E-state index in [0.717, 1.165) is 11.1 Å². The van der Waals surface area contributed by atoms with E-state index in [1.54, 1.807) is 30.3 Å². The second-order valence-corrected chi connectivity index (χ2v) is 5.30. The highest BCUT2D eigenvalue weighted by atomic mass is 16.6. The fraction of sp³-hybridized carbons (Fsp3) is 0.211. The van der Waals surface area contributed by atoms with Gasteiger partial charge in [-0.3, -0.25) is 4.79 Å². The van der Waals surface area contributed by atoms with Crippen LogP contribution < -0.4 is 4.74 Å². The molecule has 0 fully saturated rings. The van der Waals surface area contributed by atoms with Crippen molar-refractivity contribution in [3.05, 3.63) is 64.7 Å². The van der Waals surface area contributed by atoms with Crippen LogP contribution in [0.3, 0.4) is 0 Å². The van der Waals surface area contributed by atoms with Crippen LogP contribution in [0.1, 0.15) is 27.0 Å². The molecule has 0 bridgehead atoms. The first kappa shape index (κ1) is 17.2. The molecule has 0 atom stereocenters. The van der Waals surface area contributed by atoms with Crippen molar-refractivity contribution in [2.75, 3.05) is 13.2 Å². The van der Waals surface area contributed by atoms with Crippen LogP contribution in [0.2, 0.25) is 0 Å². The molecule has 2 rings (SSSR count). The van der Waals surface area contributed by atoms with Crippen LogP contribution in [-0.4, -0.2) is 25.0 Å². The molecule has 0 spiro atoms. The third kappa shape index (κ3) is 4.43. The summed E-state index contributed by atoms with van der Waals surface area (Å²) in [4.78, 5) is 23.8. The number of benzene rings is 2. The van der Waals surface area contributed by atoms with Gasteiger partial charge in [-0.25, -0.2) is 4.79 Å². The monoisotopic (exact) mass is 323 g/mol. The second kappa shape index (κ2) is 7.93. The Morgan fingerprint density at radius 3 is 2.54 bits per heavy atom. The molecule has 122 valence electrons. The van der Waals surface area contributed by atoms with Crippen LogP contribution in [-0.2, 0) is 9.53 Å². The zero-order chi connectivity index (χ0) is 17.5. The maximum atomic E-state index is 12.1. The highest BCUT2D eigenvalue weighted by molar-refractivity contribution is 5.99. The molecule has 0 aliphatic carbocycles. The molecule has 0 aliphatic rings. The van der Waals surface area contributed by atoms with Crippen molar-refractivity contribution in [1.82, 2.24) is 0 Å². The van der Waals surface area contributed by atoms with E-state index < -0.39 is 5.97 Å². The van der Waals surface area contributed by atoms with E-state index >= 15 is 0 Å². The lowest BCUT2D eigenvalue weighted by molar-refractivity contribution is -0.144. The molecule has 0 saturated heterocycles. The summed E-state index contributed by atoms with van der Waals surface area (Å²) in [6.07, 6.45) is 0. The Kier molecular flexibility index (Phi) is 5.69. The summed E-state index contributed by atoms with van der Waals surface area (Å²) in [5, 5.41) is 8.94. The minimum atomic E-state index is -0.666. The van der Waals surface area contributed by atoms with Gasteiger partial charge in [0.25, 0.3) is 0 Å². The van der Waals surface area contributed by atoms with Crippen LogP contribution >= 0.6 is 0 Å². The number of ether oxygens (including phenoxy) is 2. The number of Topliss-reactive ketones (excluding diaryl/α,β-unsaturated/α-hetero) is 1. The third-order valence-corrected chi connectivity index (χ3v) is 3.40. The van der Waals surface area contributed by atoms with Gasteiger partial charge in [-0.05, 0) is 31.5 Å². The summed E-state index contributed by atoms with van der Waals surface area (Å²) in [6.45, 7) is 3.08. The molecule has 5 heteroatoms. The van der Waals surface area contributed by atoms with E-state index in [0.29, 0.717) is 16.9 Å². The molecule has 0 N–H and O–H groups in total. The van der Waals surface area contributed by atoms with Crippen molar-refractivity contribution < 1.29 is 19.1 Å². The Labute approximate surface area is 140 Å². The third-order valence-electron chi connectivity index (χ3n) is 3.40. The summed E-state index contributed by atoms with van der Waals surface area (Å²) in [7, 11) is 0. The van der Waals surface area contributed by atoms with Crippen molar-refractivity contribution in [2.24, 2.45) is 0 Å². The first-order valence-electron chi connectivity index (χ1n) is 7.39. The van der Waals surface area contributed by atoms with E-state index in [9.17, 15) is 9.59 Å². The number of esters is 1. The fourth-order valence-corrected chi connectivity index (χ4v) is 2.21. The molecule has 0 amide bonds. The van der Waals surface area contributed by atoms with Gasteiger partial charge in [0, 0.05) is 5.56 Å². The molecule has 0 radical (unpaired) electrons. The molecule has 24 heavy (non-hydrogen) atoms. The van der Waals surface area contributed by atoms with Gasteiger partial charge in [-0.1, -0.05) is 35.9 Å². The largest absolute Gasteiger partial charge is 0.481 e. The highest BCUT2D eigenvalue weighted by Crippen LogP contribution is 2.16. The van der Waals surface area contributed by atoms with Crippen molar-refractivity contribution in [3.63, 3.8) is 0 Å².